The van der Waals surface area contributed by atoms with Gasteiger partial charge in [0.05, 0.1) is 5.69 Å². The number of carbonyl (C=O) groups excluding carboxylic acids is 2. The summed E-state index contributed by atoms with van der Waals surface area (Å²) < 4.78 is 0. The lowest BCUT2D eigenvalue weighted by atomic mass is 10.1. The van der Waals surface area contributed by atoms with Crippen molar-refractivity contribution in [1.29, 1.82) is 0 Å². The van der Waals surface area contributed by atoms with E-state index >= 15 is 0 Å². The molecule has 0 aliphatic rings. The van der Waals surface area contributed by atoms with Gasteiger partial charge in [-0.2, -0.15) is 0 Å². The van der Waals surface area contributed by atoms with Gasteiger partial charge in [0.2, 0.25) is 5.91 Å². The van der Waals surface area contributed by atoms with Crippen molar-refractivity contribution in [2.45, 2.75) is 13.8 Å². The first-order valence-electron chi connectivity index (χ1n) is 8.26. The van der Waals surface area contributed by atoms with E-state index in [0.717, 1.165) is 11.3 Å². The van der Waals surface area contributed by atoms with Crippen molar-refractivity contribution in [1.82, 2.24) is 4.98 Å². The molecule has 0 spiro atoms. The van der Waals surface area contributed by atoms with Crippen molar-refractivity contribution in [2.75, 3.05) is 10.6 Å². The normalized spacial score (nSPS) is 10.6. The van der Waals surface area contributed by atoms with E-state index in [1.165, 1.54) is 11.3 Å². The zero-order chi connectivity index (χ0) is 18.5. The number of nitrogens with one attached hydrogen (secondary N) is 2. The molecule has 0 bridgehead atoms. The Labute approximate surface area is 156 Å². The van der Waals surface area contributed by atoms with Gasteiger partial charge >= 0.3 is 0 Å². The maximum absolute atomic E-state index is 12.5. The van der Waals surface area contributed by atoms with Gasteiger partial charge in [0.25, 0.3) is 5.91 Å². The van der Waals surface area contributed by atoms with Crippen LogP contribution in [0, 0.1) is 5.92 Å². The molecule has 3 rings (SSSR count). The Morgan fingerprint density at radius 2 is 1.77 bits per heavy atom. The number of nitrogens with zero attached hydrogens (tertiary/aromatic N) is 1. The zero-order valence-corrected chi connectivity index (χ0v) is 15.3. The lowest BCUT2D eigenvalue weighted by Gasteiger charge is -2.09. The maximum atomic E-state index is 12.5. The Balaban J connectivity index is 1.71. The summed E-state index contributed by atoms with van der Waals surface area (Å²) in [5, 5.41) is 8.04. The summed E-state index contributed by atoms with van der Waals surface area (Å²) >= 11 is 1.37. The third-order valence-electron chi connectivity index (χ3n) is 3.71. The van der Waals surface area contributed by atoms with Crippen LogP contribution >= 0.6 is 11.3 Å². The summed E-state index contributed by atoms with van der Waals surface area (Å²) in [5.74, 6) is -0.478. The molecule has 0 unspecified atom stereocenters. The number of thiazole rings is 1. The van der Waals surface area contributed by atoms with Gasteiger partial charge in [0.1, 0.15) is 0 Å². The molecule has 0 fully saturated rings. The van der Waals surface area contributed by atoms with Gasteiger partial charge < -0.3 is 5.32 Å². The van der Waals surface area contributed by atoms with Crippen LogP contribution in [0.1, 0.15) is 24.2 Å². The summed E-state index contributed by atoms with van der Waals surface area (Å²) in [7, 11) is 0. The van der Waals surface area contributed by atoms with E-state index in [-0.39, 0.29) is 17.7 Å². The summed E-state index contributed by atoms with van der Waals surface area (Å²) in [6, 6.07) is 16.6. The minimum atomic E-state index is -0.264. The Kier molecular flexibility index (Phi) is 5.43. The quantitative estimate of drug-likeness (QED) is 0.691. The lowest BCUT2D eigenvalue weighted by Crippen LogP contribution is -2.18. The molecule has 0 aliphatic carbocycles. The topological polar surface area (TPSA) is 71.1 Å². The van der Waals surface area contributed by atoms with Gasteiger partial charge in [0.15, 0.2) is 5.13 Å². The van der Waals surface area contributed by atoms with E-state index in [2.05, 4.69) is 15.6 Å². The second-order valence-corrected chi connectivity index (χ2v) is 6.94. The molecule has 0 aliphatic heterocycles. The van der Waals surface area contributed by atoms with Gasteiger partial charge in [-0.15, -0.1) is 11.3 Å². The van der Waals surface area contributed by atoms with Gasteiger partial charge in [-0.1, -0.05) is 50.2 Å². The molecule has 2 N–H and O–H groups in total. The van der Waals surface area contributed by atoms with Crippen molar-refractivity contribution < 1.29 is 9.59 Å². The number of rotatable bonds is 5. The Bertz CT molecular complexity index is 920. The first kappa shape index (κ1) is 17.8. The van der Waals surface area contributed by atoms with Crippen LogP contribution in [0.5, 0.6) is 0 Å². The molecule has 5 nitrogen and oxygen atoms in total. The maximum Gasteiger partial charge on any atom is 0.257 e. The molecule has 132 valence electrons. The standard InChI is InChI=1S/C20H19N3O2S/c1-13(2)18(24)21-16-10-6-9-15(11-16)19(25)23-20-22-17(12-26-20)14-7-4-3-5-8-14/h3-13H,1-2H3,(H,21,24)(H,22,23,25). The number of hydrogen-bond donors (Lipinski definition) is 2. The molecule has 2 amide bonds. The van der Waals surface area contributed by atoms with Crippen molar-refractivity contribution >= 4 is 34.0 Å². The Hall–Kier alpha value is -2.99. The number of carbonyl (C=O) groups is 2. The fourth-order valence-corrected chi connectivity index (χ4v) is 2.98. The highest BCUT2D eigenvalue weighted by atomic mass is 32.1. The first-order chi connectivity index (χ1) is 12.5. The van der Waals surface area contributed by atoms with Crippen LogP contribution in [0.25, 0.3) is 11.3 Å². The SMILES string of the molecule is CC(C)C(=O)Nc1cccc(C(=O)Nc2nc(-c3ccccc3)cs2)c1. The second kappa shape index (κ2) is 7.93. The largest absolute Gasteiger partial charge is 0.326 e. The predicted octanol–water partition coefficient (Wildman–Crippen LogP) is 4.66. The van der Waals surface area contributed by atoms with Crippen LogP contribution in [0.3, 0.4) is 0 Å². The Morgan fingerprint density at radius 1 is 1.00 bits per heavy atom. The number of aromatic nitrogens is 1. The fourth-order valence-electron chi connectivity index (χ4n) is 2.27. The van der Waals surface area contributed by atoms with E-state index in [1.54, 1.807) is 24.3 Å². The molecular weight excluding hydrogens is 346 g/mol. The van der Waals surface area contributed by atoms with Gasteiger partial charge in [0, 0.05) is 28.1 Å². The number of benzene rings is 2. The van der Waals surface area contributed by atoms with Crippen LogP contribution in [0.4, 0.5) is 10.8 Å². The molecule has 6 heteroatoms. The molecule has 2 aromatic carbocycles. The molecule has 3 aromatic rings. The summed E-state index contributed by atoms with van der Waals surface area (Å²) in [6.45, 7) is 3.64. The molecule has 0 radical (unpaired) electrons. The van der Waals surface area contributed by atoms with E-state index in [9.17, 15) is 9.59 Å². The van der Waals surface area contributed by atoms with Crippen LogP contribution < -0.4 is 10.6 Å². The van der Waals surface area contributed by atoms with E-state index in [4.69, 9.17) is 0 Å². The van der Waals surface area contributed by atoms with E-state index in [1.807, 2.05) is 49.6 Å². The highest BCUT2D eigenvalue weighted by Gasteiger charge is 2.12. The molecule has 26 heavy (non-hydrogen) atoms. The van der Waals surface area contributed by atoms with E-state index in [0.29, 0.717) is 16.4 Å². The molecule has 1 aromatic heterocycles. The monoisotopic (exact) mass is 365 g/mol. The third-order valence-corrected chi connectivity index (χ3v) is 4.47. The highest BCUT2D eigenvalue weighted by Crippen LogP contribution is 2.25. The van der Waals surface area contributed by atoms with Crippen LogP contribution in [0.2, 0.25) is 0 Å². The van der Waals surface area contributed by atoms with E-state index < -0.39 is 0 Å². The number of hydrogen-bond acceptors (Lipinski definition) is 4. The van der Waals surface area contributed by atoms with Crippen molar-refractivity contribution in [3.05, 3.63) is 65.5 Å². The predicted molar refractivity (Wildman–Crippen MR) is 105 cm³/mol. The minimum Gasteiger partial charge on any atom is -0.326 e. The molecule has 1 heterocycles. The molecular formula is C20H19N3O2S. The average molecular weight is 365 g/mol. The second-order valence-electron chi connectivity index (χ2n) is 6.08. The minimum absolute atomic E-state index is 0.0880. The van der Waals surface area contributed by atoms with Crippen LogP contribution in [-0.2, 0) is 4.79 Å². The summed E-state index contributed by atoms with van der Waals surface area (Å²) in [6.07, 6.45) is 0. The number of amides is 2. The third kappa shape index (κ3) is 4.34. The fraction of sp³-hybridized carbons (Fsp3) is 0.150. The van der Waals surface area contributed by atoms with Gasteiger partial charge in [-0.3, -0.25) is 14.9 Å². The molecule has 0 saturated heterocycles. The summed E-state index contributed by atoms with van der Waals surface area (Å²) in [5.41, 5.74) is 2.88. The highest BCUT2D eigenvalue weighted by molar-refractivity contribution is 7.14. The van der Waals surface area contributed by atoms with Crippen LogP contribution in [0.15, 0.2) is 60.0 Å². The van der Waals surface area contributed by atoms with Crippen LogP contribution in [-0.4, -0.2) is 16.8 Å². The molecule has 0 saturated carbocycles. The zero-order valence-electron chi connectivity index (χ0n) is 14.5. The van der Waals surface area contributed by atoms with Crippen molar-refractivity contribution in [2.24, 2.45) is 5.92 Å². The van der Waals surface area contributed by atoms with Gasteiger partial charge in [-0.05, 0) is 18.2 Å². The number of anilines is 2. The smallest absolute Gasteiger partial charge is 0.257 e. The van der Waals surface area contributed by atoms with Gasteiger partial charge in [-0.25, -0.2) is 4.98 Å². The van der Waals surface area contributed by atoms with Crippen molar-refractivity contribution in [3.63, 3.8) is 0 Å². The lowest BCUT2D eigenvalue weighted by molar-refractivity contribution is -0.118. The summed E-state index contributed by atoms with van der Waals surface area (Å²) in [4.78, 5) is 28.7. The molecule has 0 atom stereocenters. The van der Waals surface area contributed by atoms with Crippen molar-refractivity contribution in [3.8, 4) is 11.3 Å². The first-order valence-corrected chi connectivity index (χ1v) is 9.14. The Morgan fingerprint density at radius 3 is 2.50 bits per heavy atom. The average Bonchev–Trinajstić information content (AvgIpc) is 3.11.